The Kier molecular flexibility index (Phi) is 3.60. The summed E-state index contributed by atoms with van der Waals surface area (Å²) in [6.45, 7) is 0. The van der Waals surface area contributed by atoms with Crippen LogP contribution in [0.3, 0.4) is 0 Å². The molecule has 0 unspecified atom stereocenters. The third-order valence-electron chi connectivity index (χ3n) is 2.04. The molecule has 0 saturated carbocycles. The molecule has 1 nitrogen and oxygen atoms in total. The zero-order valence-corrected chi connectivity index (χ0v) is 9.91. The largest absolute Gasteiger partial charge is 0.256 e. The topological polar surface area (TPSA) is 12.4 Å². The van der Waals surface area contributed by atoms with Crippen LogP contribution in [0.25, 0.3) is 0 Å². The first kappa shape index (κ1) is 11.2. The smallest absolute Gasteiger partial charge is 0.0644 e. The predicted octanol–water partition coefficient (Wildman–Crippen LogP) is 4.74. The van der Waals surface area contributed by atoms with E-state index >= 15 is 0 Å². The van der Waals surface area contributed by atoms with Crippen LogP contribution in [-0.2, 0) is 0 Å². The summed E-state index contributed by atoms with van der Waals surface area (Å²) in [5.41, 5.74) is 1.84. The van der Waals surface area contributed by atoms with E-state index < -0.39 is 0 Å². The molecule has 0 aliphatic heterocycles. The molecule has 0 atom stereocenters. The maximum atomic E-state index is 5.86. The highest BCUT2D eigenvalue weighted by Gasteiger charge is 1.91. The Bertz CT molecular complexity index is 504. The second-order valence-electron chi connectivity index (χ2n) is 3.29. The molecule has 0 amide bonds. The first-order valence-corrected chi connectivity index (χ1v) is 5.55. The van der Waals surface area contributed by atoms with Crippen LogP contribution in [-0.4, -0.2) is 6.21 Å². The molecule has 2 aromatic carbocycles. The summed E-state index contributed by atoms with van der Waals surface area (Å²) in [7, 11) is 0. The van der Waals surface area contributed by atoms with Crippen molar-refractivity contribution >= 4 is 35.1 Å². The van der Waals surface area contributed by atoms with Crippen LogP contribution < -0.4 is 0 Å². The van der Waals surface area contributed by atoms with Crippen LogP contribution in [0.1, 0.15) is 5.56 Å². The number of nitrogens with zero attached hydrogens (tertiary/aromatic N) is 1. The first-order valence-electron chi connectivity index (χ1n) is 4.79. The van der Waals surface area contributed by atoms with E-state index in [9.17, 15) is 0 Å². The summed E-state index contributed by atoms with van der Waals surface area (Å²) < 4.78 is 0. The Balaban J connectivity index is 2.18. The van der Waals surface area contributed by atoms with Gasteiger partial charge >= 0.3 is 0 Å². The number of benzene rings is 2. The van der Waals surface area contributed by atoms with Crippen molar-refractivity contribution in [3.05, 3.63) is 64.1 Å². The lowest BCUT2D eigenvalue weighted by Gasteiger charge is -1.95. The van der Waals surface area contributed by atoms with Gasteiger partial charge in [-0.25, -0.2) is 0 Å². The van der Waals surface area contributed by atoms with Crippen molar-refractivity contribution in [3.8, 4) is 0 Å². The highest BCUT2D eigenvalue weighted by atomic mass is 35.5. The van der Waals surface area contributed by atoms with Crippen LogP contribution in [0.15, 0.2) is 53.5 Å². The lowest BCUT2D eigenvalue weighted by Crippen LogP contribution is -1.78. The molecule has 0 aliphatic carbocycles. The highest BCUT2D eigenvalue weighted by Crippen LogP contribution is 2.17. The standard InChI is InChI=1S/C13H9Cl2N/c14-11-6-4-10(5-7-11)9-16-13-3-1-2-12(15)8-13/h1-9H. The molecular weight excluding hydrogens is 241 g/mol. The van der Waals surface area contributed by atoms with Crippen molar-refractivity contribution < 1.29 is 0 Å². The minimum Gasteiger partial charge on any atom is -0.256 e. The first-order chi connectivity index (χ1) is 7.74. The molecule has 3 heteroatoms. The molecule has 80 valence electrons. The van der Waals surface area contributed by atoms with Crippen LogP contribution >= 0.6 is 23.2 Å². The Morgan fingerprint density at radius 2 is 1.62 bits per heavy atom. The summed E-state index contributed by atoms with van der Waals surface area (Å²) in [5, 5.41) is 1.41. The van der Waals surface area contributed by atoms with Crippen molar-refractivity contribution in [2.45, 2.75) is 0 Å². The summed E-state index contributed by atoms with van der Waals surface area (Å²) in [5.74, 6) is 0. The van der Waals surface area contributed by atoms with Crippen molar-refractivity contribution in [2.24, 2.45) is 4.99 Å². The van der Waals surface area contributed by atoms with Gasteiger partial charge in [-0.15, -0.1) is 0 Å². The number of hydrogen-bond acceptors (Lipinski definition) is 1. The quantitative estimate of drug-likeness (QED) is 0.682. The molecule has 0 fully saturated rings. The molecule has 0 saturated heterocycles. The van der Waals surface area contributed by atoms with E-state index in [2.05, 4.69) is 4.99 Å². The highest BCUT2D eigenvalue weighted by molar-refractivity contribution is 6.31. The normalized spacial score (nSPS) is 10.9. The molecule has 0 aliphatic rings. The van der Waals surface area contributed by atoms with Gasteiger partial charge in [-0.3, -0.25) is 4.99 Å². The minimum atomic E-state index is 0.686. The van der Waals surface area contributed by atoms with E-state index in [0.29, 0.717) is 5.02 Å². The third kappa shape index (κ3) is 3.09. The van der Waals surface area contributed by atoms with Crippen molar-refractivity contribution in [3.63, 3.8) is 0 Å². The Morgan fingerprint density at radius 3 is 2.31 bits per heavy atom. The summed E-state index contributed by atoms with van der Waals surface area (Å²) in [6, 6.07) is 14.9. The monoisotopic (exact) mass is 249 g/mol. The summed E-state index contributed by atoms with van der Waals surface area (Å²) in [4.78, 5) is 4.31. The molecule has 0 N–H and O–H groups in total. The molecule has 16 heavy (non-hydrogen) atoms. The van der Waals surface area contributed by atoms with Gasteiger partial charge in [0.1, 0.15) is 0 Å². The Morgan fingerprint density at radius 1 is 0.875 bits per heavy atom. The lowest BCUT2D eigenvalue weighted by atomic mass is 10.2. The van der Waals surface area contributed by atoms with E-state index in [1.54, 1.807) is 6.21 Å². The van der Waals surface area contributed by atoms with Gasteiger partial charge in [-0.05, 0) is 35.9 Å². The van der Waals surface area contributed by atoms with E-state index in [4.69, 9.17) is 23.2 Å². The number of hydrogen-bond donors (Lipinski definition) is 0. The summed E-state index contributed by atoms with van der Waals surface area (Å²) in [6.07, 6.45) is 1.78. The Hall–Kier alpha value is -1.31. The fraction of sp³-hybridized carbons (Fsp3) is 0. The fourth-order valence-corrected chi connectivity index (χ4v) is 1.56. The van der Waals surface area contributed by atoms with Gasteiger partial charge in [0.25, 0.3) is 0 Å². The number of halogens is 2. The average molecular weight is 250 g/mol. The van der Waals surface area contributed by atoms with E-state index in [1.165, 1.54) is 0 Å². The molecule has 0 spiro atoms. The van der Waals surface area contributed by atoms with Gasteiger partial charge in [-0.1, -0.05) is 41.4 Å². The van der Waals surface area contributed by atoms with E-state index in [-0.39, 0.29) is 0 Å². The van der Waals surface area contributed by atoms with Gasteiger partial charge < -0.3 is 0 Å². The maximum Gasteiger partial charge on any atom is 0.0644 e. The predicted molar refractivity (Wildman–Crippen MR) is 70.2 cm³/mol. The second-order valence-corrected chi connectivity index (χ2v) is 4.16. The van der Waals surface area contributed by atoms with E-state index in [1.807, 2.05) is 48.5 Å². The molecular formula is C13H9Cl2N. The molecule has 2 rings (SSSR count). The van der Waals surface area contributed by atoms with Gasteiger partial charge in [0.2, 0.25) is 0 Å². The third-order valence-corrected chi connectivity index (χ3v) is 2.53. The van der Waals surface area contributed by atoms with E-state index in [0.717, 1.165) is 16.3 Å². The fourth-order valence-electron chi connectivity index (χ4n) is 1.25. The van der Waals surface area contributed by atoms with Crippen LogP contribution in [0, 0.1) is 0 Å². The van der Waals surface area contributed by atoms with Crippen LogP contribution in [0.5, 0.6) is 0 Å². The second kappa shape index (κ2) is 5.15. The van der Waals surface area contributed by atoms with Crippen molar-refractivity contribution in [1.82, 2.24) is 0 Å². The van der Waals surface area contributed by atoms with Gasteiger partial charge in [0.15, 0.2) is 0 Å². The number of aliphatic imine (C=N–C) groups is 1. The average Bonchev–Trinajstić information content (AvgIpc) is 2.28. The molecule has 0 aromatic heterocycles. The molecule has 2 aromatic rings. The zero-order valence-electron chi connectivity index (χ0n) is 8.40. The molecule has 0 bridgehead atoms. The number of rotatable bonds is 2. The molecule has 0 radical (unpaired) electrons. The van der Waals surface area contributed by atoms with Crippen molar-refractivity contribution in [1.29, 1.82) is 0 Å². The van der Waals surface area contributed by atoms with Gasteiger partial charge in [0, 0.05) is 16.3 Å². The van der Waals surface area contributed by atoms with Crippen LogP contribution in [0.2, 0.25) is 10.0 Å². The maximum absolute atomic E-state index is 5.86. The minimum absolute atomic E-state index is 0.686. The van der Waals surface area contributed by atoms with Crippen molar-refractivity contribution in [2.75, 3.05) is 0 Å². The van der Waals surface area contributed by atoms with Gasteiger partial charge in [-0.2, -0.15) is 0 Å². The molecule has 0 heterocycles. The lowest BCUT2D eigenvalue weighted by molar-refractivity contribution is 1.52. The van der Waals surface area contributed by atoms with Crippen LogP contribution in [0.4, 0.5) is 5.69 Å². The van der Waals surface area contributed by atoms with Gasteiger partial charge in [0.05, 0.1) is 5.69 Å². The summed E-state index contributed by atoms with van der Waals surface area (Å²) >= 11 is 11.6. The zero-order chi connectivity index (χ0) is 11.4. The SMILES string of the molecule is Clc1ccc(C=Nc2cccc(Cl)c2)cc1. The Labute approximate surface area is 104 Å².